The molecule has 0 saturated carbocycles. The molecular formula is C22H26N8O2. The van der Waals surface area contributed by atoms with Gasteiger partial charge in [0.25, 0.3) is 5.91 Å². The number of carbonyl (C=O) groups is 2. The van der Waals surface area contributed by atoms with E-state index in [2.05, 4.69) is 30.5 Å². The molecule has 1 aliphatic heterocycles. The molecular weight excluding hydrogens is 408 g/mol. The van der Waals surface area contributed by atoms with Crippen LogP contribution in [0.1, 0.15) is 23.3 Å². The van der Waals surface area contributed by atoms with Crippen LogP contribution in [0.3, 0.4) is 0 Å². The highest BCUT2D eigenvalue weighted by molar-refractivity contribution is 5.96. The van der Waals surface area contributed by atoms with Gasteiger partial charge in [-0.3, -0.25) is 9.78 Å². The highest BCUT2D eigenvalue weighted by atomic mass is 16.2. The van der Waals surface area contributed by atoms with Crippen LogP contribution in [0, 0.1) is 0 Å². The van der Waals surface area contributed by atoms with Crippen molar-refractivity contribution in [2.24, 2.45) is 5.73 Å². The fourth-order valence-electron chi connectivity index (χ4n) is 3.70. The maximum Gasteiger partial charge on any atom is 0.317 e. The van der Waals surface area contributed by atoms with Gasteiger partial charge >= 0.3 is 6.03 Å². The highest BCUT2D eigenvalue weighted by Gasteiger charge is 2.24. The summed E-state index contributed by atoms with van der Waals surface area (Å²) in [7, 11) is 3.43. The Labute approximate surface area is 185 Å². The van der Waals surface area contributed by atoms with Gasteiger partial charge in [-0.2, -0.15) is 0 Å². The van der Waals surface area contributed by atoms with Gasteiger partial charge < -0.3 is 26.2 Å². The van der Waals surface area contributed by atoms with Crippen molar-refractivity contribution in [1.29, 1.82) is 0 Å². The number of fused-ring (bicyclic) bond motifs is 1. The molecule has 1 fully saturated rings. The normalized spacial score (nSPS) is 15.9. The molecule has 166 valence electrons. The molecule has 3 amide bonds. The van der Waals surface area contributed by atoms with Crippen molar-refractivity contribution in [3.8, 4) is 0 Å². The van der Waals surface area contributed by atoms with Gasteiger partial charge in [-0.25, -0.2) is 14.8 Å². The molecule has 0 aliphatic carbocycles. The van der Waals surface area contributed by atoms with Gasteiger partial charge in [0.05, 0.1) is 11.7 Å². The third-order valence-electron chi connectivity index (χ3n) is 5.34. The van der Waals surface area contributed by atoms with E-state index in [1.54, 1.807) is 26.5 Å². The number of aromatic nitrogens is 3. The zero-order chi connectivity index (χ0) is 22.7. The van der Waals surface area contributed by atoms with Crippen LogP contribution in [0.4, 0.5) is 22.1 Å². The zero-order valence-electron chi connectivity index (χ0n) is 18.1. The SMILES string of the molecule is CN(C)C(=O)N[C@@H]1CCCN(c2cnc(C(N)=O)c(Nc3ccc4ncccc4c3)n2)C1. The molecule has 0 bridgehead atoms. The van der Waals surface area contributed by atoms with Crippen LogP contribution >= 0.6 is 0 Å². The molecule has 3 aromatic rings. The second-order valence-corrected chi connectivity index (χ2v) is 7.95. The number of hydrogen-bond acceptors (Lipinski definition) is 7. The number of nitrogens with two attached hydrogens (primary N) is 1. The molecule has 1 atom stereocenters. The minimum atomic E-state index is -0.663. The van der Waals surface area contributed by atoms with E-state index in [4.69, 9.17) is 5.73 Å². The minimum absolute atomic E-state index is 0.000615. The van der Waals surface area contributed by atoms with E-state index in [9.17, 15) is 9.59 Å². The Bertz CT molecular complexity index is 1150. The first-order valence-electron chi connectivity index (χ1n) is 10.4. The zero-order valence-corrected chi connectivity index (χ0v) is 18.1. The maximum absolute atomic E-state index is 12.0. The molecule has 0 radical (unpaired) electrons. The van der Waals surface area contributed by atoms with Gasteiger partial charge in [0, 0.05) is 50.5 Å². The number of urea groups is 1. The molecule has 1 aromatic carbocycles. The number of anilines is 3. The van der Waals surface area contributed by atoms with Gasteiger partial charge in [0.1, 0.15) is 5.82 Å². The Balaban J connectivity index is 1.58. The van der Waals surface area contributed by atoms with Crippen molar-refractivity contribution in [3.05, 3.63) is 48.4 Å². The number of primary amides is 1. The first kappa shape index (κ1) is 21.3. The van der Waals surface area contributed by atoms with Crippen molar-refractivity contribution >= 4 is 40.2 Å². The Morgan fingerprint density at radius 3 is 2.84 bits per heavy atom. The van der Waals surface area contributed by atoms with Crippen LogP contribution in [0.5, 0.6) is 0 Å². The van der Waals surface area contributed by atoms with Crippen LogP contribution in [0.15, 0.2) is 42.7 Å². The average molecular weight is 435 g/mol. The summed E-state index contributed by atoms with van der Waals surface area (Å²) in [5.74, 6) is 0.241. The van der Waals surface area contributed by atoms with E-state index in [-0.39, 0.29) is 23.6 Å². The standard InChI is InChI=1S/C22H26N8O2/c1-29(2)22(32)27-16-6-4-10-30(13-16)18-12-25-19(20(23)31)21(28-18)26-15-7-8-17-14(11-15)5-3-9-24-17/h3,5,7-9,11-12,16H,4,6,10,13H2,1-2H3,(H2,23,31)(H,26,28)(H,27,32)/t16-/m1/s1. The summed E-state index contributed by atoms with van der Waals surface area (Å²) in [6.07, 6.45) is 5.07. The summed E-state index contributed by atoms with van der Waals surface area (Å²) in [4.78, 5) is 40.8. The summed E-state index contributed by atoms with van der Waals surface area (Å²) in [5, 5.41) is 7.16. The summed E-state index contributed by atoms with van der Waals surface area (Å²) in [6.45, 7) is 1.38. The lowest BCUT2D eigenvalue weighted by Gasteiger charge is -2.34. The lowest BCUT2D eigenvalue weighted by Crippen LogP contribution is -2.50. The van der Waals surface area contributed by atoms with Crippen LogP contribution in [-0.4, -0.2) is 65.0 Å². The summed E-state index contributed by atoms with van der Waals surface area (Å²) < 4.78 is 0. The summed E-state index contributed by atoms with van der Waals surface area (Å²) in [6, 6.07) is 9.38. The monoisotopic (exact) mass is 434 g/mol. The Kier molecular flexibility index (Phi) is 6.02. The number of pyridine rings is 1. The first-order chi connectivity index (χ1) is 15.4. The van der Waals surface area contributed by atoms with E-state index in [1.807, 2.05) is 30.3 Å². The Morgan fingerprint density at radius 2 is 2.06 bits per heavy atom. The molecule has 32 heavy (non-hydrogen) atoms. The van der Waals surface area contributed by atoms with Crippen molar-refractivity contribution in [3.63, 3.8) is 0 Å². The van der Waals surface area contributed by atoms with Crippen molar-refractivity contribution < 1.29 is 9.59 Å². The largest absolute Gasteiger partial charge is 0.364 e. The second-order valence-electron chi connectivity index (χ2n) is 7.95. The third-order valence-corrected chi connectivity index (χ3v) is 5.34. The van der Waals surface area contributed by atoms with Crippen LogP contribution in [0.2, 0.25) is 0 Å². The van der Waals surface area contributed by atoms with Crippen molar-refractivity contribution in [2.75, 3.05) is 37.4 Å². The lowest BCUT2D eigenvalue weighted by atomic mass is 10.1. The van der Waals surface area contributed by atoms with Crippen LogP contribution in [0.25, 0.3) is 10.9 Å². The third kappa shape index (κ3) is 4.69. The van der Waals surface area contributed by atoms with Gasteiger partial charge in [0.15, 0.2) is 11.5 Å². The molecule has 10 nitrogen and oxygen atoms in total. The molecule has 1 aliphatic rings. The lowest BCUT2D eigenvalue weighted by molar-refractivity contribution is 0.0996. The van der Waals surface area contributed by atoms with E-state index >= 15 is 0 Å². The van der Waals surface area contributed by atoms with Crippen LogP contribution in [-0.2, 0) is 0 Å². The van der Waals surface area contributed by atoms with Gasteiger partial charge in [-0.1, -0.05) is 6.07 Å². The Hall–Kier alpha value is -3.95. The summed E-state index contributed by atoms with van der Waals surface area (Å²) in [5.41, 5.74) is 7.21. The Morgan fingerprint density at radius 1 is 1.22 bits per heavy atom. The van der Waals surface area contributed by atoms with E-state index in [0.29, 0.717) is 12.4 Å². The fraction of sp³-hybridized carbons (Fsp3) is 0.318. The first-order valence-corrected chi connectivity index (χ1v) is 10.4. The number of benzene rings is 1. The smallest absolute Gasteiger partial charge is 0.317 e. The molecule has 4 rings (SSSR count). The van der Waals surface area contributed by atoms with Crippen LogP contribution < -0.4 is 21.3 Å². The van der Waals surface area contributed by atoms with Crippen molar-refractivity contribution in [2.45, 2.75) is 18.9 Å². The van der Waals surface area contributed by atoms with E-state index in [0.717, 1.165) is 36.0 Å². The molecule has 0 unspecified atom stereocenters. The topological polar surface area (TPSA) is 129 Å². The van der Waals surface area contributed by atoms with Gasteiger partial charge in [-0.15, -0.1) is 0 Å². The predicted octanol–water partition coefficient (Wildman–Crippen LogP) is 2.11. The number of hydrogen-bond donors (Lipinski definition) is 3. The number of piperidine rings is 1. The highest BCUT2D eigenvalue weighted by Crippen LogP contribution is 2.25. The average Bonchev–Trinajstić information content (AvgIpc) is 2.79. The van der Waals surface area contributed by atoms with E-state index < -0.39 is 5.91 Å². The number of nitrogens with zero attached hydrogens (tertiary/aromatic N) is 5. The number of carbonyl (C=O) groups excluding carboxylic acids is 2. The summed E-state index contributed by atoms with van der Waals surface area (Å²) >= 11 is 0. The molecule has 10 heteroatoms. The van der Waals surface area contributed by atoms with Gasteiger partial charge in [-0.05, 0) is 37.1 Å². The predicted molar refractivity (Wildman–Crippen MR) is 123 cm³/mol. The number of amides is 3. The van der Waals surface area contributed by atoms with Gasteiger partial charge in [0.2, 0.25) is 0 Å². The number of rotatable bonds is 5. The number of nitrogens with one attached hydrogen (secondary N) is 2. The van der Waals surface area contributed by atoms with E-state index in [1.165, 1.54) is 4.90 Å². The molecule has 1 saturated heterocycles. The quantitative estimate of drug-likeness (QED) is 0.561. The molecule has 2 aromatic heterocycles. The molecule has 4 N–H and O–H groups in total. The molecule has 0 spiro atoms. The molecule has 3 heterocycles. The second kappa shape index (κ2) is 9.04. The minimum Gasteiger partial charge on any atom is -0.364 e. The maximum atomic E-state index is 12.0. The fourth-order valence-corrected chi connectivity index (χ4v) is 3.70. The van der Waals surface area contributed by atoms with Crippen molar-refractivity contribution in [1.82, 2.24) is 25.2 Å².